The average Bonchev–Trinajstić information content (AvgIpc) is 3.30. The highest BCUT2D eigenvalue weighted by atomic mass is 16.5. The van der Waals surface area contributed by atoms with Crippen molar-refractivity contribution in [3.8, 4) is 11.5 Å². The molecule has 4 rings (SSSR count). The number of likely N-dealkylation sites (N-methyl/N-ethyl adjacent to an activating group) is 1. The van der Waals surface area contributed by atoms with Crippen molar-refractivity contribution in [2.24, 2.45) is 0 Å². The lowest BCUT2D eigenvalue weighted by atomic mass is 9.81. The Bertz CT molecular complexity index is 940. The molecule has 0 aliphatic carbocycles. The second kappa shape index (κ2) is 7.43. The molecule has 1 spiro atoms. The van der Waals surface area contributed by atoms with E-state index >= 15 is 0 Å². The summed E-state index contributed by atoms with van der Waals surface area (Å²) in [6, 6.07) is 13.5. The van der Waals surface area contributed by atoms with Gasteiger partial charge in [-0.25, -0.2) is 0 Å². The molecular formula is C23H26N2O4. The first kappa shape index (κ1) is 19.3. The van der Waals surface area contributed by atoms with Gasteiger partial charge in [-0.05, 0) is 54.3 Å². The Kier molecular flexibility index (Phi) is 4.94. The third-order valence-electron chi connectivity index (χ3n) is 6.20. The van der Waals surface area contributed by atoms with Crippen molar-refractivity contribution in [1.29, 1.82) is 0 Å². The first-order valence-corrected chi connectivity index (χ1v) is 9.86. The molecule has 6 heteroatoms. The van der Waals surface area contributed by atoms with Crippen LogP contribution in [0, 0.1) is 0 Å². The molecule has 0 N–H and O–H groups in total. The third-order valence-corrected chi connectivity index (χ3v) is 6.20. The number of methoxy groups -OCH3 is 2. The van der Waals surface area contributed by atoms with Gasteiger partial charge in [0.1, 0.15) is 11.5 Å². The molecule has 1 saturated heterocycles. The van der Waals surface area contributed by atoms with Crippen molar-refractivity contribution < 1.29 is 19.1 Å². The van der Waals surface area contributed by atoms with E-state index in [1.165, 1.54) is 0 Å². The van der Waals surface area contributed by atoms with Crippen LogP contribution >= 0.6 is 0 Å². The molecule has 2 heterocycles. The van der Waals surface area contributed by atoms with E-state index < -0.39 is 5.41 Å². The Morgan fingerprint density at radius 3 is 2.45 bits per heavy atom. The van der Waals surface area contributed by atoms with Crippen molar-refractivity contribution in [1.82, 2.24) is 4.90 Å². The zero-order chi connectivity index (χ0) is 20.6. The average molecular weight is 394 g/mol. The summed E-state index contributed by atoms with van der Waals surface area (Å²) in [4.78, 5) is 29.5. The smallest absolute Gasteiger partial charge is 0.239 e. The normalized spacial score (nSPS) is 20.3. The molecule has 2 aliphatic heterocycles. The van der Waals surface area contributed by atoms with Crippen LogP contribution < -0.4 is 14.4 Å². The molecule has 2 aromatic rings. The van der Waals surface area contributed by atoms with E-state index in [2.05, 4.69) is 0 Å². The Morgan fingerprint density at radius 1 is 1.07 bits per heavy atom. The van der Waals surface area contributed by atoms with Gasteiger partial charge in [-0.3, -0.25) is 9.59 Å². The fraction of sp³-hybridized carbons (Fsp3) is 0.391. The summed E-state index contributed by atoms with van der Waals surface area (Å²) < 4.78 is 10.5. The number of aryl methyl sites for hydroxylation is 1. The summed E-state index contributed by atoms with van der Waals surface area (Å²) in [6.07, 6.45) is 1.74. The lowest BCUT2D eigenvalue weighted by Crippen LogP contribution is -2.42. The van der Waals surface area contributed by atoms with Crippen LogP contribution in [0.1, 0.15) is 24.0 Å². The number of carbonyl (C=O) groups is 2. The van der Waals surface area contributed by atoms with Crippen LogP contribution in [0.5, 0.6) is 11.5 Å². The minimum atomic E-state index is -0.658. The number of fused-ring (bicyclic) bond motifs is 2. The molecule has 1 atom stereocenters. The lowest BCUT2D eigenvalue weighted by Gasteiger charge is -2.23. The molecule has 0 bridgehead atoms. The van der Waals surface area contributed by atoms with Crippen LogP contribution in [0.2, 0.25) is 0 Å². The van der Waals surface area contributed by atoms with Crippen molar-refractivity contribution in [3.05, 3.63) is 53.6 Å². The van der Waals surface area contributed by atoms with Crippen molar-refractivity contribution in [2.75, 3.05) is 39.3 Å². The zero-order valence-corrected chi connectivity index (χ0v) is 17.1. The Labute approximate surface area is 171 Å². The minimum Gasteiger partial charge on any atom is -0.497 e. The van der Waals surface area contributed by atoms with Gasteiger partial charge < -0.3 is 19.3 Å². The van der Waals surface area contributed by atoms with Gasteiger partial charge in [-0.2, -0.15) is 0 Å². The van der Waals surface area contributed by atoms with E-state index in [1.54, 1.807) is 26.2 Å². The van der Waals surface area contributed by atoms with Gasteiger partial charge in [0, 0.05) is 32.2 Å². The largest absolute Gasteiger partial charge is 0.497 e. The maximum Gasteiger partial charge on any atom is 0.239 e. The number of hydrogen-bond acceptors (Lipinski definition) is 4. The Morgan fingerprint density at radius 2 is 1.76 bits per heavy atom. The van der Waals surface area contributed by atoms with Crippen molar-refractivity contribution in [2.45, 2.75) is 24.7 Å². The molecule has 2 aromatic carbocycles. The fourth-order valence-corrected chi connectivity index (χ4v) is 4.48. The maximum atomic E-state index is 13.1. The first-order valence-electron chi connectivity index (χ1n) is 9.86. The van der Waals surface area contributed by atoms with Gasteiger partial charge in [0.15, 0.2) is 0 Å². The van der Waals surface area contributed by atoms with E-state index in [-0.39, 0.29) is 11.8 Å². The molecular weight excluding hydrogens is 368 g/mol. The van der Waals surface area contributed by atoms with E-state index in [0.29, 0.717) is 32.4 Å². The van der Waals surface area contributed by atoms with E-state index in [4.69, 9.17) is 9.47 Å². The first-order chi connectivity index (χ1) is 14.0. The van der Waals surface area contributed by atoms with E-state index in [9.17, 15) is 9.59 Å². The van der Waals surface area contributed by atoms with Crippen LogP contribution in [-0.4, -0.2) is 51.1 Å². The summed E-state index contributed by atoms with van der Waals surface area (Å²) in [5.74, 6) is 1.69. The molecule has 29 heavy (non-hydrogen) atoms. The quantitative estimate of drug-likeness (QED) is 0.783. The zero-order valence-electron chi connectivity index (χ0n) is 17.1. The molecule has 0 unspecified atom stereocenters. The molecule has 6 nitrogen and oxygen atoms in total. The topological polar surface area (TPSA) is 59.1 Å². The number of likely N-dealkylation sites (tertiary alicyclic amines) is 1. The number of nitrogens with zero attached hydrogens (tertiary/aromatic N) is 2. The number of anilines is 1. The number of ether oxygens (including phenoxy) is 2. The molecule has 2 amide bonds. The summed E-state index contributed by atoms with van der Waals surface area (Å²) in [5.41, 5.74) is 2.31. The molecule has 1 fully saturated rings. The van der Waals surface area contributed by atoms with Gasteiger partial charge in [-0.15, -0.1) is 0 Å². The van der Waals surface area contributed by atoms with Crippen LogP contribution in [0.3, 0.4) is 0 Å². The van der Waals surface area contributed by atoms with Crippen LogP contribution in [0.25, 0.3) is 0 Å². The van der Waals surface area contributed by atoms with Gasteiger partial charge in [0.25, 0.3) is 0 Å². The van der Waals surface area contributed by atoms with Gasteiger partial charge in [-0.1, -0.05) is 12.1 Å². The highest BCUT2D eigenvalue weighted by molar-refractivity contribution is 6.08. The number of rotatable bonds is 5. The Hall–Kier alpha value is -3.02. The lowest BCUT2D eigenvalue weighted by molar-refractivity contribution is -0.130. The van der Waals surface area contributed by atoms with Crippen LogP contribution in [-0.2, 0) is 21.4 Å². The van der Waals surface area contributed by atoms with E-state index in [0.717, 1.165) is 28.3 Å². The number of carbonyl (C=O) groups excluding carboxylic acids is 2. The highest BCUT2D eigenvalue weighted by Crippen LogP contribution is 2.48. The molecule has 0 radical (unpaired) electrons. The maximum absolute atomic E-state index is 13.1. The number of benzene rings is 2. The second-order valence-corrected chi connectivity index (χ2v) is 7.74. The van der Waals surface area contributed by atoms with Crippen LogP contribution in [0.15, 0.2) is 42.5 Å². The fourth-order valence-electron chi connectivity index (χ4n) is 4.48. The molecule has 0 saturated carbocycles. The standard InChI is InChI=1S/C23H26N2O4/c1-24-20-10-9-18(29-3)14-19(20)23(22(24)27)12-13-25(15-23)21(26)11-6-16-4-7-17(28-2)8-5-16/h4-5,7-10,14H,6,11-13,15H2,1-3H3/t23-/m0/s1. The predicted molar refractivity (Wildman–Crippen MR) is 111 cm³/mol. The number of amides is 2. The van der Waals surface area contributed by atoms with Gasteiger partial charge >= 0.3 is 0 Å². The molecule has 2 aliphatic rings. The monoisotopic (exact) mass is 394 g/mol. The summed E-state index contributed by atoms with van der Waals surface area (Å²) in [5, 5.41) is 0. The SMILES string of the molecule is COc1ccc(CCC(=O)N2CC[C@@]3(C2)C(=O)N(C)c2ccc(OC)cc23)cc1. The van der Waals surface area contributed by atoms with Crippen molar-refractivity contribution >= 4 is 17.5 Å². The Balaban J connectivity index is 1.48. The predicted octanol–water partition coefficient (Wildman–Crippen LogP) is 2.78. The van der Waals surface area contributed by atoms with E-state index in [1.807, 2.05) is 47.4 Å². The number of hydrogen-bond donors (Lipinski definition) is 0. The highest BCUT2D eigenvalue weighted by Gasteiger charge is 2.54. The van der Waals surface area contributed by atoms with Crippen LogP contribution in [0.4, 0.5) is 5.69 Å². The molecule has 0 aromatic heterocycles. The van der Waals surface area contributed by atoms with Gasteiger partial charge in [0.2, 0.25) is 11.8 Å². The second-order valence-electron chi connectivity index (χ2n) is 7.74. The molecule has 152 valence electrons. The summed E-state index contributed by atoms with van der Waals surface area (Å²) in [7, 11) is 5.06. The van der Waals surface area contributed by atoms with Crippen molar-refractivity contribution in [3.63, 3.8) is 0 Å². The third kappa shape index (κ3) is 3.22. The minimum absolute atomic E-state index is 0.0613. The van der Waals surface area contributed by atoms with Gasteiger partial charge in [0.05, 0.1) is 19.6 Å². The summed E-state index contributed by atoms with van der Waals surface area (Å²) in [6.45, 7) is 1.02. The summed E-state index contributed by atoms with van der Waals surface area (Å²) >= 11 is 0.